The van der Waals surface area contributed by atoms with Gasteiger partial charge in [-0.15, -0.1) is 5.11 Å². The van der Waals surface area contributed by atoms with Crippen LogP contribution in [0.1, 0.15) is 12.6 Å². The van der Waals surface area contributed by atoms with Gasteiger partial charge in [0.2, 0.25) is 0 Å². The van der Waals surface area contributed by atoms with Crippen LogP contribution in [0.5, 0.6) is 0 Å². The largest absolute Gasteiger partial charge is 0.381 e. The van der Waals surface area contributed by atoms with Crippen LogP contribution >= 0.6 is 0 Å². The molecule has 0 bridgehead atoms. The topological polar surface area (TPSA) is 86.6 Å². The Morgan fingerprint density at radius 1 is 1.11 bits per heavy atom. The number of anilines is 1. The zero-order valence-electron chi connectivity index (χ0n) is 10.4. The number of hydrogen-bond acceptors (Lipinski definition) is 3. The van der Waals surface area contributed by atoms with Crippen molar-refractivity contribution in [2.24, 2.45) is 16.2 Å². The van der Waals surface area contributed by atoms with Crippen molar-refractivity contribution >= 4 is 11.5 Å². The second-order valence-corrected chi connectivity index (χ2v) is 3.98. The van der Waals surface area contributed by atoms with Gasteiger partial charge in [0.25, 0.3) is 0 Å². The molecule has 2 aromatic carbocycles. The number of benzene rings is 2. The predicted octanol–water partition coefficient (Wildman–Crippen LogP) is 3.20. The standard InChI is InChI=1S/C14H15N5.H2/c15-14(18-19-16)12-6-8-13(9-7-12)17-10-11-4-2-1-3-5-11;/h1-9,17H,10H2,(H3,15,16,18);1H. The van der Waals surface area contributed by atoms with Crippen molar-refractivity contribution in [3.63, 3.8) is 0 Å². The summed E-state index contributed by atoms with van der Waals surface area (Å²) < 4.78 is 0. The van der Waals surface area contributed by atoms with Crippen molar-refractivity contribution in [1.29, 1.82) is 5.41 Å². The second-order valence-electron chi connectivity index (χ2n) is 3.98. The van der Waals surface area contributed by atoms with Gasteiger partial charge in [-0.1, -0.05) is 35.6 Å². The molecule has 0 fully saturated rings. The van der Waals surface area contributed by atoms with Crippen LogP contribution in [0.25, 0.3) is 0 Å². The fraction of sp³-hybridized carbons (Fsp3) is 0.0714. The highest BCUT2D eigenvalue weighted by atomic mass is 15.3. The van der Waals surface area contributed by atoms with Crippen molar-refractivity contribution in [3.8, 4) is 0 Å². The number of nitrogens with one attached hydrogen (secondary N) is 2. The van der Waals surface area contributed by atoms with Crippen LogP contribution in [-0.4, -0.2) is 5.84 Å². The molecule has 0 saturated carbocycles. The Morgan fingerprint density at radius 2 is 1.79 bits per heavy atom. The number of hydrogen-bond donors (Lipinski definition) is 3. The third kappa shape index (κ3) is 3.64. The fourth-order valence-corrected chi connectivity index (χ4v) is 1.66. The Hall–Kier alpha value is -2.69. The van der Waals surface area contributed by atoms with Gasteiger partial charge < -0.3 is 11.2 Å². The zero-order chi connectivity index (χ0) is 13.5. The van der Waals surface area contributed by atoms with E-state index in [1.165, 1.54) is 5.56 Å². The molecule has 19 heavy (non-hydrogen) atoms. The molecule has 4 N–H and O–H groups in total. The van der Waals surface area contributed by atoms with Crippen molar-refractivity contribution in [2.45, 2.75) is 6.54 Å². The monoisotopic (exact) mass is 255 g/mol. The Balaban J connectivity index is 0.00000200. The first-order valence-corrected chi connectivity index (χ1v) is 5.87. The molecule has 98 valence electrons. The third-order valence-electron chi connectivity index (χ3n) is 2.66. The van der Waals surface area contributed by atoms with Crippen LogP contribution in [0.2, 0.25) is 0 Å². The molecule has 0 unspecified atom stereocenters. The van der Waals surface area contributed by atoms with Gasteiger partial charge in [-0.25, -0.2) is 0 Å². The molecular weight excluding hydrogens is 238 g/mol. The summed E-state index contributed by atoms with van der Waals surface area (Å²) in [5.41, 5.74) is 2.89. The molecule has 0 atom stereocenters. The Kier molecular flexibility index (Phi) is 4.23. The van der Waals surface area contributed by atoms with E-state index in [-0.39, 0.29) is 7.26 Å². The summed E-state index contributed by atoms with van der Waals surface area (Å²) in [6.45, 7) is 0.764. The van der Waals surface area contributed by atoms with E-state index >= 15 is 0 Å². The Bertz CT molecular complexity index is 566. The quantitative estimate of drug-likeness (QED) is 0.257. The first-order valence-electron chi connectivity index (χ1n) is 5.87. The van der Waals surface area contributed by atoms with Crippen LogP contribution in [0.15, 0.2) is 64.9 Å². The minimum Gasteiger partial charge on any atom is -0.381 e. The van der Waals surface area contributed by atoms with Crippen molar-refractivity contribution in [2.75, 3.05) is 5.32 Å². The van der Waals surface area contributed by atoms with Gasteiger partial charge in [-0.2, -0.15) is 0 Å². The highest BCUT2D eigenvalue weighted by Crippen LogP contribution is 2.12. The highest BCUT2D eigenvalue weighted by Gasteiger charge is 2.00. The molecule has 0 aliphatic rings. The SMILES string of the molecule is N=C(N=NN)c1ccc(NCc2ccccc2)cc1.[HH]. The van der Waals surface area contributed by atoms with Crippen LogP contribution in [0.4, 0.5) is 5.69 Å². The molecule has 0 radical (unpaired) electrons. The summed E-state index contributed by atoms with van der Waals surface area (Å²) in [4.78, 5) is 0. The minimum absolute atomic E-state index is 0. The summed E-state index contributed by atoms with van der Waals surface area (Å²) in [5, 5.41) is 17.5. The van der Waals surface area contributed by atoms with E-state index in [0.29, 0.717) is 5.56 Å². The van der Waals surface area contributed by atoms with E-state index in [9.17, 15) is 0 Å². The lowest BCUT2D eigenvalue weighted by Gasteiger charge is -2.07. The third-order valence-corrected chi connectivity index (χ3v) is 2.66. The first kappa shape index (κ1) is 12.8. The summed E-state index contributed by atoms with van der Waals surface area (Å²) in [6.07, 6.45) is 0. The lowest BCUT2D eigenvalue weighted by Crippen LogP contribution is -2.00. The molecule has 5 heteroatoms. The van der Waals surface area contributed by atoms with Gasteiger partial charge in [0.15, 0.2) is 5.84 Å². The molecule has 0 aliphatic carbocycles. The first-order chi connectivity index (χ1) is 9.29. The van der Waals surface area contributed by atoms with E-state index in [1.807, 2.05) is 42.5 Å². The van der Waals surface area contributed by atoms with Crippen LogP contribution in [0.3, 0.4) is 0 Å². The number of rotatable bonds is 4. The second kappa shape index (κ2) is 6.30. The highest BCUT2D eigenvalue weighted by molar-refractivity contribution is 5.96. The minimum atomic E-state index is 0. The maximum absolute atomic E-state index is 7.58. The number of nitrogens with zero attached hydrogens (tertiary/aromatic N) is 2. The summed E-state index contributed by atoms with van der Waals surface area (Å²) >= 11 is 0. The van der Waals surface area contributed by atoms with Gasteiger partial charge in [0.1, 0.15) is 0 Å². The van der Waals surface area contributed by atoms with Gasteiger partial charge in [0.05, 0.1) is 0 Å². The molecule has 0 aromatic heterocycles. The Labute approximate surface area is 113 Å². The maximum atomic E-state index is 7.58. The van der Waals surface area contributed by atoms with Crippen LogP contribution in [-0.2, 0) is 6.54 Å². The smallest absolute Gasteiger partial charge is 0.176 e. The zero-order valence-corrected chi connectivity index (χ0v) is 10.4. The number of nitrogens with two attached hydrogens (primary N) is 1. The molecule has 0 saturated heterocycles. The Morgan fingerprint density at radius 3 is 2.42 bits per heavy atom. The van der Waals surface area contributed by atoms with E-state index < -0.39 is 0 Å². The average Bonchev–Trinajstić information content (AvgIpc) is 2.47. The summed E-state index contributed by atoms with van der Waals surface area (Å²) in [5.74, 6) is 4.97. The lowest BCUT2D eigenvalue weighted by atomic mass is 10.2. The van der Waals surface area contributed by atoms with E-state index in [2.05, 4.69) is 27.8 Å². The molecular formula is C14H17N5. The van der Waals surface area contributed by atoms with Gasteiger partial charge in [-0.3, -0.25) is 5.41 Å². The summed E-state index contributed by atoms with van der Waals surface area (Å²) in [6, 6.07) is 17.6. The van der Waals surface area contributed by atoms with Gasteiger partial charge in [0, 0.05) is 19.2 Å². The van der Waals surface area contributed by atoms with E-state index in [1.54, 1.807) is 0 Å². The molecule has 0 heterocycles. The van der Waals surface area contributed by atoms with Gasteiger partial charge >= 0.3 is 0 Å². The van der Waals surface area contributed by atoms with Crippen LogP contribution < -0.4 is 11.2 Å². The molecule has 5 nitrogen and oxygen atoms in total. The number of amidine groups is 1. The van der Waals surface area contributed by atoms with E-state index in [0.717, 1.165) is 12.2 Å². The summed E-state index contributed by atoms with van der Waals surface area (Å²) in [7, 11) is 0. The average molecular weight is 255 g/mol. The molecule has 2 rings (SSSR count). The maximum Gasteiger partial charge on any atom is 0.176 e. The van der Waals surface area contributed by atoms with Crippen LogP contribution in [0, 0.1) is 5.41 Å². The van der Waals surface area contributed by atoms with Crippen molar-refractivity contribution in [3.05, 3.63) is 65.7 Å². The van der Waals surface area contributed by atoms with Gasteiger partial charge in [-0.05, 0) is 29.8 Å². The molecule has 0 aliphatic heterocycles. The van der Waals surface area contributed by atoms with Crippen molar-refractivity contribution < 1.29 is 1.43 Å². The molecule has 0 amide bonds. The predicted molar refractivity (Wildman–Crippen MR) is 78.2 cm³/mol. The lowest BCUT2D eigenvalue weighted by molar-refractivity contribution is 1.07. The van der Waals surface area contributed by atoms with E-state index in [4.69, 9.17) is 11.3 Å². The molecule has 0 spiro atoms. The molecule has 2 aromatic rings. The fourth-order valence-electron chi connectivity index (χ4n) is 1.66. The normalized spacial score (nSPS) is 10.5. The van der Waals surface area contributed by atoms with Crippen molar-refractivity contribution in [1.82, 2.24) is 0 Å².